The molecule has 1 saturated heterocycles. The highest BCUT2D eigenvalue weighted by atomic mass is 35.5. The van der Waals surface area contributed by atoms with Crippen LogP contribution in [0.2, 0.25) is 0 Å². The highest BCUT2D eigenvalue weighted by Crippen LogP contribution is 2.12. The summed E-state index contributed by atoms with van der Waals surface area (Å²) in [7, 11) is 0. The minimum atomic E-state index is -0.138. The Hall–Kier alpha value is -0.350. The topological polar surface area (TPSA) is 36.4 Å². The summed E-state index contributed by atoms with van der Waals surface area (Å²) >= 11 is 0. The van der Waals surface area contributed by atoms with Crippen molar-refractivity contribution >= 4 is 24.8 Å². The first-order chi connectivity index (χ1) is 6.84. The van der Waals surface area contributed by atoms with Crippen LogP contribution in [0, 0.1) is 0 Å². The number of aliphatic hydroxyl groups is 1. The van der Waals surface area contributed by atoms with Gasteiger partial charge in [0.15, 0.2) is 0 Å². The second-order valence-electron chi connectivity index (χ2n) is 3.89. The van der Waals surface area contributed by atoms with Gasteiger partial charge in [-0.15, -0.1) is 24.8 Å². The van der Waals surface area contributed by atoms with Crippen molar-refractivity contribution in [2.45, 2.75) is 25.5 Å². The Morgan fingerprint density at radius 1 is 1.44 bits per heavy atom. The van der Waals surface area contributed by atoms with Crippen molar-refractivity contribution in [3.8, 4) is 0 Å². The van der Waals surface area contributed by atoms with Crippen LogP contribution >= 0.6 is 24.8 Å². The molecule has 0 saturated carbocycles. The number of halogens is 2. The molecule has 5 heteroatoms. The second kappa shape index (κ2) is 7.85. The van der Waals surface area contributed by atoms with E-state index in [-0.39, 0.29) is 30.9 Å². The van der Waals surface area contributed by atoms with Crippen LogP contribution in [0.5, 0.6) is 0 Å². The normalized spacial score (nSPS) is 20.7. The lowest BCUT2D eigenvalue weighted by Gasteiger charge is -2.29. The predicted molar refractivity (Wildman–Crippen MR) is 69.3 cm³/mol. The molecule has 1 atom stereocenters. The van der Waals surface area contributed by atoms with Gasteiger partial charge >= 0.3 is 0 Å². The Kier molecular flexibility index (Phi) is 7.68. The third-order valence-electron chi connectivity index (χ3n) is 2.61. The number of hydrogen-bond acceptors (Lipinski definition) is 3. The van der Waals surface area contributed by atoms with Gasteiger partial charge in [-0.05, 0) is 31.0 Å². The maximum atomic E-state index is 9.50. The molecule has 2 heterocycles. The summed E-state index contributed by atoms with van der Waals surface area (Å²) in [5.74, 6) is 0. The molecule has 0 bridgehead atoms. The molecule has 0 spiro atoms. The van der Waals surface area contributed by atoms with Gasteiger partial charge in [0.1, 0.15) is 0 Å². The molecule has 0 aliphatic carbocycles. The molecule has 2 rings (SSSR count). The fraction of sp³-hybridized carbons (Fsp3) is 0.545. The van der Waals surface area contributed by atoms with E-state index in [0.29, 0.717) is 0 Å². The Morgan fingerprint density at radius 2 is 2.25 bits per heavy atom. The van der Waals surface area contributed by atoms with Crippen LogP contribution in [0.15, 0.2) is 24.5 Å². The average molecular weight is 265 g/mol. The quantitative estimate of drug-likeness (QED) is 0.887. The minimum absolute atomic E-state index is 0. The number of pyridine rings is 1. The molecule has 3 nitrogen and oxygen atoms in total. The van der Waals surface area contributed by atoms with Gasteiger partial charge in [0.2, 0.25) is 0 Å². The van der Waals surface area contributed by atoms with Crippen LogP contribution in [0.1, 0.15) is 18.4 Å². The lowest BCUT2D eigenvalue weighted by molar-refractivity contribution is 0.0668. The van der Waals surface area contributed by atoms with Crippen molar-refractivity contribution in [3.63, 3.8) is 0 Å². The molecule has 1 aromatic heterocycles. The molecule has 0 aromatic carbocycles. The van der Waals surface area contributed by atoms with Gasteiger partial charge in [-0.1, -0.05) is 6.07 Å². The van der Waals surface area contributed by atoms with E-state index in [9.17, 15) is 5.11 Å². The van der Waals surface area contributed by atoms with Crippen molar-refractivity contribution in [1.29, 1.82) is 0 Å². The largest absolute Gasteiger partial charge is 0.392 e. The summed E-state index contributed by atoms with van der Waals surface area (Å²) in [5, 5.41) is 9.50. The highest BCUT2D eigenvalue weighted by molar-refractivity contribution is 5.85. The molecular formula is C11H18Cl2N2O. The SMILES string of the molecule is Cl.Cl.OC1CCCN(Cc2cccnc2)C1. The van der Waals surface area contributed by atoms with Crippen molar-refractivity contribution in [2.24, 2.45) is 0 Å². The third kappa shape index (κ3) is 4.66. The van der Waals surface area contributed by atoms with Crippen molar-refractivity contribution in [2.75, 3.05) is 13.1 Å². The van der Waals surface area contributed by atoms with Crippen LogP contribution in [0.3, 0.4) is 0 Å². The maximum absolute atomic E-state index is 9.50. The summed E-state index contributed by atoms with van der Waals surface area (Å²) in [4.78, 5) is 6.36. The summed E-state index contributed by atoms with van der Waals surface area (Å²) in [5.41, 5.74) is 1.22. The molecule has 92 valence electrons. The third-order valence-corrected chi connectivity index (χ3v) is 2.61. The molecule has 1 aromatic rings. The zero-order valence-electron chi connectivity index (χ0n) is 9.08. The Balaban J connectivity index is 0.00000112. The number of aliphatic hydroxyl groups excluding tert-OH is 1. The number of nitrogens with zero attached hydrogens (tertiary/aromatic N) is 2. The minimum Gasteiger partial charge on any atom is -0.392 e. The van der Waals surface area contributed by atoms with Gasteiger partial charge in [-0.3, -0.25) is 9.88 Å². The zero-order valence-corrected chi connectivity index (χ0v) is 10.7. The Morgan fingerprint density at radius 3 is 2.88 bits per heavy atom. The first-order valence-electron chi connectivity index (χ1n) is 5.14. The van der Waals surface area contributed by atoms with E-state index in [1.165, 1.54) is 5.56 Å². The Bertz CT molecular complexity index is 285. The molecule has 0 radical (unpaired) electrons. The van der Waals surface area contributed by atoms with Gasteiger partial charge < -0.3 is 5.11 Å². The molecular weight excluding hydrogens is 247 g/mol. The molecule has 0 amide bonds. The average Bonchev–Trinajstić information content (AvgIpc) is 2.19. The second-order valence-corrected chi connectivity index (χ2v) is 3.89. The van der Waals surface area contributed by atoms with Crippen molar-refractivity contribution in [3.05, 3.63) is 30.1 Å². The van der Waals surface area contributed by atoms with Crippen LogP contribution in [0.25, 0.3) is 0 Å². The van der Waals surface area contributed by atoms with E-state index in [1.807, 2.05) is 12.3 Å². The van der Waals surface area contributed by atoms with Crippen LogP contribution in [-0.2, 0) is 6.54 Å². The molecule has 1 aliphatic heterocycles. The lowest BCUT2D eigenvalue weighted by atomic mass is 10.1. The van der Waals surface area contributed by atoms with Gasteiger partial charge in [0.25, 0.3) is 0 Å². The number of aromatic nitrogens is 1. The summed E-state index contributed by atoms with van der Waals surface area (Å²) < 4.78 is 0. The number of β-amino-alcohol motifs (C(OH)–C–C–N with tert-alkyl or cyclic N) is 1. The van der Waals surface area contributed by atoms with Crippen molar-refractivity contribution in [1.82, 2.24) is 9.88 Å². The Labute approximate surface area is 109 Å². The van der Waals surface area contributed by atoms with Crippen LogP contribution < -0.4 is 0 Å². The predicted octanol–water partition coefficient (Wildman–Crippen LogP) is 1.88. The molecule has 16 heavy (non-hydrogen) atoms. The summed E-state index contributed by atoms with van der Waals surface area (Å²) in [6.07, 6.45) is 5.58. The first kappa shape index (κ1) is 15.7. The molecule has 1 aliphatic rings. The van der Waals surface area contributed by atoms with E-state index in [0.717, 1.165) is 32.5 Å². The monoisotopic (exact) mass is 264 g/mol. The highest BCUT2D eigenvalue weighted by Gasteiger charge is 2.17. The van der Waals surface area contributed by atoms with Crippen LogP contribution in [0.4, 0.5) is 0 Å². The standard InChI is InChI=1S/C11H16N2O.2ClH/c14-11-4-2-6-13(9-11)8-10-3-1-5-12-7-10;;/h1,3,5,7,11,14H,2,4,6,8-9H2;2*1H. The number of hydrogen-bond donors (Lipinski definition) is 1. The zero-order chi connectivity index (χ0) is 9.80. The molecule has 1 fully saturated rings. The summed E-state index contributed by atoms with van der Waals surface area (Å²) in [6.45, 7) is 2.80. The van der Waals surface area contributed by atoms with E-state index in [4.69, 9.17) is 0 Å². The van der Waals surface area contributed by atoms with E-state index < -0.39 is 0 Å². The number of rotatable bonds is 2. The van der Waals surface area contributed by atoms with E-state index >= 15 is 0 Å². The van der Waals surface area contributed by atoms with E-state index in [2.05, 4.69) is 16.0 Å². The smallest absolute Gasteiger partial charge is 0.0667 e. The van der Waals surface area contributed by atoms with Gasteiger partial charge in [0, 0.05) is 25.5 Å². The lowest BCUT2D eigenvalue weighted by Crippen LogP contribution is -2.37. The fourth-order valence-corrected chi connectivity index (χ4v) is 1.92. The van der Waals surface area contributed by atoms with E-state index in [1.54, 1.807) is 6.20 Å². The number of piperidine rings is 1. The van der Waals surface area contributed by atoms with Gasteiger partial charge in [-0.2, -0.15) is 0 Å². The number of likely N-dealkylation sites (tertiary alicyclic amines) is 1. The first-order valence-corrected chi connectivity index (χ1v) is 5.14. The van der Waals surface area contributed by atoms with Crippen molar-refractivity contribution < 1.29 is 5.11 Å². The fourth-order valence-electron chi connectivity index (χ4n) is 1.92. The molecule has 1 N–H and O–H groups in total. The van der Waals surface area contributed by atoms with Gasteiger partial charge in [0.05, 0.1) is 6.10 Å². The molecule has 1 unspecified atom stereocenters. The maximum Gasteiger partial charge on any atom is 0.0667 e. The van der Waals surface area contributed by atoms with Crippen LogP contribution in [-0.4, -0.2) is 34.2 Å². The summed E-state index contributed by atoms with van der Waals surface area (Å²) in [6, 6.07) is 4.03. The van der Waals surface area contributed by atoms with Gasteiger partial charge in [-0.25, -0.2) is 0 Å².